The minimum atomic E-state index is -0.404. The van der Waals surface area contributed by atoms with Crippen LogP contribution in [0.4, 0.5) is 23.1 Å². The van der Waals surface area contributed by atoms with E-state index in [9.17, 15) is 9.59 Å². The molecule has 0 aliphatic carbocycles. The fourth-order valence-electron chi connectivity index (χ4n) is 3.09. The van der Waals surface area contributed by atoms with E-state index in [0.29, 0.717) is 58.6 Å². The zero-order valence-corrected chi connectivity index (χ0v) is 18.1. The summed E-state index contributed by atoms with van der Waals surface area (Å²) in [7, 11) is 0. The number of ether oxygens (including phenoxy) is 2. The molecule has 0 saturated carbocycles. The molecule has 0 aliphatic heterocycles. The zero-order valence-electron chi connectivity index (χ0n) is 18.1. The van der Waals surface area contributed by atoms with E-state index in [1.807, 2.05) is 0 Å². The maximum absolute atomic E-state index is 12.0. The smallest absolute Gasteiger partial charge is 0.338 e. The lowest BCUT2D eigenvalue weighted by Gasteiger charge is -2.11. The van der Waals surface area contributed by atoms with Crippen LogP contribution in [-0.4, -0.2) is 45.1 Å². The molecule has 33 heavy (non-hydrogen) atoms. The summed E-state index contributed by atoms with van der Waals surface area (Å²) < 4.78 is 10.1. The third-order valence-corrected chi connectivity index (χ3v) is 4.57. The highest BCUT2D eigenvalue weighted by Crippen LogP contribution is 2.25. The van der Waals surface area contributed by atoms with Crippen LogP contribution in [0.2, 0.25) is 0 Å². The normalized spacial score (nSPS) is 10.6. The van der Waals surface area contributed by atoms with Crippen molar-refractivity contribution in [2.45, 2.75) is 13.8 Å². The third-order valence-electron chi connectivity index (χ3n) is 4.57. The van der Waals surface area contributed by atoms with Crippen LogP contribution in [0.15, 0.2) is 54.9 Å². The third kappa shape index (κ3) is 5.06. The SMILES string of the molecule is CCOC(=O)c1ccc(Nc2nc(Nc3cccc(C(=O)OCC)c3)nc3nc[nH]c23)cc1. The van der Waals surface area contributed by atoms with Gasteiger partial charge in [0.1, 0.15) is 5.52 Å². The maximum Gasteiger partial charge on any atom is 0.338 e. The van der Waals surface area contributed by atoms with E-state index in [1.54, 1.807) is 62.4 Å². The fraction of sp³-hybridized carbons (Fsp3) is 0.174. The summed E-state index contributed by atoms with van der Waals surface area (Å²) in [4.78, 5) is 40.1. The van der Waals surface area contributed by atoms with Crippen molar-refractivity contribution in [3.05, 3.63) is 66.0 Å². The molecular weight excluding hydrogens is 424 g/mol. The van der Waals surface area contributed by atoms with E-state index >= 15 is 0 Å². The Morgan fingerprint density at radius 2 is 1.61 bits per heavy atom. The first-order valence-corrected chi connectivity index (χ1v) is 10.4. The van der Waals surface area contributed by atoms with Crippen molar-refractivity contribution in [2.75, 3.05) is 23.8 Å². The van der Waals surface area contributed by atoms with Crippen LogP contribution in [0.25, 0.3) is 11.2 Å². The van der Waals surface area contributed by atoms with Gasteiger partial charge in [0.15, 0.2) is 11.5 Å². The molecule has 4 rings (SSSR count). The molecule has 2 aromatic carbocycles. The Morgan fingerprint density at radius 3 is 2.33 bits per heavy atom. The number of anilines is 4. The number of benzene rings is 2. The van der Waals surface area contributed by atoms with Gasteiger partial charge < -0.3 is 25.1 Å². The van der Waals surface area contributed by atoms with Gasteiger partial charge in [0.25, 0.3) is 0 Å². The first-order chi connectivity index (χ1) is 16.1. The molecule has 3 N–H and O–H groups in total. The van der Waals surface area contributed by atoms with Crippen molar-refractivity contribution in [2.24, 2.45) is 0 Å². The molecule has 4 aromatic rings. The van der Waals surface area contributed by atoms with E-state index in [-0.39, 0.29) is 5.97 Å². The highest BCUT2D eigenvalue weighted by molar-refractivity contribution is 5.92. The van der Waals surface area contributed by atoms with Crippen LogP contribution >= 0.6 is 0 Å². The largest absolute Gasteiger partial charge is 0.462 e. The molecule has 0 fully saturated rings. The molecule has 0 aliphatic rings. The monoisotopic (exact) mass is 446 g/mol. The van der Waals surface area contributed by atoms with Crippen LogP contribution in [-0.2, 0) is 9.47 Å². The number of aromatic amines is 1. The van der Waals surface area contributed by atoms with Crippen molar-refractivity contribution in [3.8, 4) is 0 Å². The summed E-state index contributed by atoms with van der Waals surface area (Å²) >= 11 is 0. The number of fused-ring (bicyclic) bond motifs is 1. The Hall–Kier alpha value is -4.47. The maximum atomic E-state index is 12.0. The van der Waals surface area contributed by atoms with Crippen molar-refractivity contribution < 1.29 is 19.1 Å². The number of aromatic nitrogens is 4. The predicted octanol–water partition coefficient (Wildman–Crippen LogP) is 4.19. The van der Waals surface area contributed by atoms with Gasteiger partial charge in [0.05, 0.1) is 30.7 Å². The predicted molar refractivity (Wildman–Crippen MR) is 123 cm³/mol. The highest BCUT2D eigenvalue weighted by atomic mass is 16.5. The van der Waals surface area contributed by atoms with Gasteiger partial charge in [0.2, 0.25) is 5.95 Å². The van der Waals surface area contributed by atoms with E-state index < -0.39 is 5.97 Å². The molecule has 2 heterocycles. The van der Waals surface area contributed by atoms with Gasteiger partial charge in [-0.25, -0.2) is 14.6 Å². The number of nitrogens with zero attached hydrogens (tertiary/aromatic N) is 3. The molecule has 0 radical (unpaired) electrons. The minimum absolute atomic E-state index is 0.293. The number of nitrogens with one attached hydrogen (secondary N) is 3. The summed E-state index contributed by atoms with van der Waals surface area (Å²) in [5.41, 5.74) is 3.30. The van der Waals surface area contributed by atoms with Gasteiger partial charge in [0, 0.05) is 11.4 Å². The van der Waals surface area contributed by atoms with Crippen molar-refractivity contribution in [3.63, 3.8) is 0 Å². The van der Waals surface area contributed by atoms with E-state index in [1.165, 1.54) is 6.33 Å². The number of carbonyl (C=O) groups is 2. The van der Waals surface area contributed by atoms with Crippen LogP contribution < -0.4 is 10.6 Å². The molecule has 0 spiro atoms. The van der Waals surface area contributed by atoms with Crippen molar-refractivity contribution in [1.29, 1.82) is 0 Å². The molecule has 10 nitrogen and oxygen atoms in total. The second-order valence-electron chi connectivity index (χ2n) is 6.85. The quantitative estimate of drug-likeness (QED) is 0.341. The first kappa shape index (κ1) is 21.8. The Balaban J connectivity index is 1.58. The number of hydrogen-bond acceptors (Lipinski definition) is 9. The van der Waals surface area contributed by atoms with Crippen LogP contribution in [0.1, 0.15) is 34.6 Å². The van der Waals surface area contributed by atoms with Gasteiger partial charge in [-0.1, -0.05) is 6.07 Å². The topological polar surface area (TPSA) is 131 Å². The van der Waals surface area contributed by atoms with Gasteiger partial charge in [-0.2, -0.15) is 9.97 Å². The van der Waals surface area contributed by atoms with Crippen molar-refractivity contribution >= 4 is 46.2 Å². The summed E-state index contributed by atoms with van der Waals surface area (Å²) in [6.45, 7) is 4.13. The van der Waals surface area contributed by atoms with Crippen LogP contribution in [0, 0.1) is 0 Å². The molecule has 10 heteroatoms. The van der Waals surface area contributed by atoms with Gasteiger partial charge in [-0.15, -0.1) is 0 Å². The van der Waals surface area contributed by atoms with E-state index in [0.717, 1.165) is 0 Å². The fourth-order valence-corrected chi connectivity index (χ4v) is 3.09. The molecule has 168 valence electrons. The van der Waals surface area contributed by atoms with Crippen LogP contribution in [0.5, 0.6) is 0 Å². The summed E-state index contributed by atoms with van der Waals surface area (Å²) in [6.07, 6.45) is 1.53. The Morgan fingerprint density at radius 1 is 0.879 bits per heavy atom. The highest BCUT2D eigenvalue weighted by Gasteiger charge is 2.13. The number of rotatable bonds is 8. The zero-order chi connectivity index (χ0) is 23.2. The second-order valence-corrected chi connectivity index (χ2v) is 6.85. The van der Waals surface area contributed by atoms with Gasteiger partial charge in [-0.3, -0.25) is 0 Å². The lowest BCUT2D eigenvalue weighted by Crippen LogP contribution is -2.06. The van der Waals surface area contributed by atoms with E-state index in [2.05, 4.69) is 30.6 Å². The molecule has 0 unspecified atom stereocenters. The molecule has 0 amide bonds. The minimum Gasteiger partial charge on any atom is -0.462 e. The second kappa shape index (κ2) is 9.77. The Kier molecular flexibility index (Phi) is 6.44. The summed E-state index contributed by atoms with van der Waals surface area (Å²) in [5, 5.41) is 6.32. The molecule has 0 atom stereocenters. The number of hydrogen-bond donors (Lipinski definition) is 3. The lowest BCUT2D eigenvalue weighted by atomic mass is 10.2. The number of esters is 2. The average Bonchev–Trinajstić information content (AvgIpc) is 3.29. The summed E-state index contributed by atoms with van der Waals surface area (Å²) in [5.74, 6) is 0.00343. The average molecular weight is 446 g/mol. The summed E-state index contributed by atoms with van der Waals surface area (Å²) in [6, 6.07) is 13.7. The number of H-pyrrole nitrogens is 1. The standard InChI is InChI=1S/C23H22N6O4/c1-3-32-21(30)14-8-10-16(11-9-14)26-20-18-19(25-13-24-18)28-23(29-20)27-17-7-5-6-15(12-17)22(31)33-4-2/h5-13H,3-4H2,1-2H3,(H3,24,25,26,27,28,29). The molecule has 0 bridgehead atoms. The van der Waals surface area contributed by atoms with E-state index in [4.69, 9.17) is 9.47 Å². The molecular formula is C23H22N6O4. The Labute approximate surface area is 189 Å². The lowest BCUT2D eigenvalue weighted by molar-refractivity contribution is 0.0517. The number of carbonyl (C=O) groups excluding carboxylic acids is 2. The van der Waals surface area contributed by atoms with Gasteiger partial charge in [-0.05, 0) is 56.3 Å². The van der Waals surface area contributed by atoms with Gasteiger partial charge >= 0.3 is 11.9 Å². The molecule has 2 aromatic heterocycles. The Bertz CT molecular complexity index is 1290. The first-order valence-electron chi connectivity index (χ1n) is 10.4. The number of imidazole rings is 1. The van der Waals surface area contributed by atoms with Crippen LogP contribution in [0.3, 0.4) is 0 Å². The molecule has 0 saturated heterocycles. The van der Waals surface area contributed by atoms with Crippen molar-refractivity contribution in [1.82, 2.24) is 19.9 Å².